The Bertz CT molecular complexity index is 238. The van der Waals surface area contributed by atoms with Crippen LogP contribution in [0.25, 0.3) is 0 Å². The quantitative estimate of drug-likeness (QED) is 0.767. The Morgan fingerprint density at radius 2 is 1.85 bits per heavy atom. The third-order valence-corrected chi connectivity index (χ3v) is 2.20. The highest BCUT2D eigenvalue weighted by atomic mass is 16.3. The largest absolute Gasteiger partial charge is 0.396 e. The topological polar surface area (TPSA) is 50.9 Å². The van der Waals surface area contributed by atoms with Gasteiger partial charge in [0.15, 0.2) is 0 Å². The second-order valence-corrected chi connectivity index (χ2v) is 4.30. The molecule has 0 aliphatic carbocycles. The van der Waals surface area contributed by atoms with E-state index in [2.05, 4.69) is 31.0 Å². The van der Waals surface area contributed by atoms with Crippen molar-refractivity contribution in [2.75, 3.05) is 6.61 Å². The van der Waals surface area contributed by atoms with Gasteiger partial charge >= 0.3 is 0 Å². The van der Waals surface area contributed by atoms with Gasteiger partial charge in [0.2, 0.25) is 0 Å². The molecular formula is C9H17N3O. The molecule has 1 rings (SSSR count). The predicted molar refractivity (Wildman–Crippen MR) is 50.2 cm³/mol. The van der Waals surface area contributed by atoms with Crippen LogP contribution in [-0.2, 0) is 0 Å². The third-order valence-electron chi connectivity index (χ3n) is 2.20. The molecule has 1 heterocycles. The smallest absolute Gasteiger partial charge is 0.119 e. The number of rotatable bonds is 3. The Morgan fingerprint density at radius 1 is 1.31 bits per heavy atom. The molecule has 1 N–H and O–H groups in total. The van der Waals surface area contributed by atoms with Crippen molar-refractivity contribution in [3.05, 3.63) is 12.7 Å². The molecule has 1 aromatic heterocycles. The molecule has 0 fully saturated rings. The van der Waals surface area contributed by atoms with Crippen LogP contribution in [0.4, 0.5) is 0 Å². The Kier molecular flexibility index (Phi) is 3.03. The first kappa shape index (κ1) is 10.2. The number of nitrogens with zero attached hydrogens (tertiary/aromatic N) is 3. The fraction of sp³-hybridized carbons (Fsp3) is 0.778. The van der Waals surface area contributed by atoms with E-state index >= 15 is 0 Å². The maximum absolute atomic E-state index is 8.94. The molecule has 0 amide bonds. The van der Waals surface area contributed by atoms with Crippen LogP contribution >= 0.6 is 0 Å². The molecule has 1 aromatic rings. The van der Waals surface area contributed by atoms with Crippen molar-refractivity contribution in [2.45, 2.75) is 33.2 Å². The lowest BCUT2D eigenvalue weighted by Crippen LogP contribution is -2.24. The summed E-state index contributed by atoms with van der Waals surface area (Å²) in [5.74, 6) is 0. The molecule has 0 aliphatic heterocycles. The monoisotopic (exact) mass is 183 g/mol. The van der Waals surface area contributed by atoms with Gasteiger partial charge in [-0.05, 0) is 11.8 Å². The lowest BCUT2D eigenvalue weighted by atomic mass is 9.85. The SMILES string of the molecule is CC(C)(C)C(CCO)n1cnnc1. The van der Waals surface area contributed by atoms with Crippen molar-refractivity contribution in [3.8, 4) is 0 Å². The molecule has 0 aromatic carbocycles. The average molecular weight is 183 g/mol. The second kappa shape index (κ2) is 3.87. The summed E-state index contributed by atoms with van der Waals surface area (Å²) >= 11 is 0. The zero-order chi connectivity index (χ0) is 9.90. The van der Waals surface area contributed by atoms with E-state index in [4.69, 9.17) is 5.11 Å². The Morgan fingerprint density at radius 3 is 2.23 bits per heavy atom. The van der Waals surface area contributed by atoms with Gasteiger partial charge in [0.25, 0.3) is 0 Å². The van der Waals surface area contributed by atoms with E-state index in [1.807, 2.05) is 4.57 Å². The molecule has 1 atom stereocenters. The maximum atomic E-state index is 8.94. The van der Waals surface area contributed by atoms with E-state index in [9.17, 15) is 0 Å². The molecule has 74 valence electrons. The van der Waals surface area contributed by atoms with E-state index in [1.54, 1.807) is 12.7 Å². The summed E-state index contributed by atoms with van der Waals surface area (Å²) < 4.78 is 1.95. The van der Waals surface area contributed by atoms with Gasteiger partial charge in [-0.3, -0.25) is 0 Å². The van der Waals surface area contributed by atoms with Crippen LogP contribution in [0.1, 0.15) is 33.2 Å². The van der Waals surface area contributed by atoms with Crippen LogP contribution in [0.5, 0.6) is 0 Å². The molecule has 0 saturated carbocycles. The van der Waals surface area contributed by atoms with Crippen molar-refractivity contribution >= 4 is 0 Å². The van der Waals surface area contributed by atoms with Gasteiger partial charge in [0, 0.05) is 12.6 Å². The van der Waals surface area contributed by atoms with Crippen LogP contribution < -0.4 is 0 Å². The summed E-state index contributed by atoms with van der Waals surface area (Å²) in [6.45, 7) is 6.63. The fourth-order valence-corrected chi connectivity index (χ4v) is 1.52. The minimum Gasteiger partial charge on any atom is -0.396 e. The van der Waals surface area contributed by atoms with Crippen molar-refractivity contribution in [3.63, 3.8) is 0 Å². The van der Waals surface area contributed by atoms with Crippen molar-refractivity contribution < 1.29 is 5.11 Å². The molecule has 0 radical (unpaired) electrons. The van der Waals surface area contributed by atoms with Crippen LogP contribution in [-0.4, -0.2) is 26.5 Å². The van der Waals surface area contributed by atoms with Crippen LogP contribution in [0.3, 0.4) is 0 Å². The lowest BCUT2D eigenvalue weighted by Gasteiger charge is -2.30. The average Bonchev–Trinajstić information content (AvgIpc) is 2.49. The van der Waals surface area contributed by atoms with E-state index in [1.165, 1.54) is 0 Å². The van der Waals surface area contributed by atoms with Gasteiger partial charge in [-0.2, -0.15) is 0 Å². The van der Waals surface area contributed by atoms with Gasteiger partial charge in [0.05, 0.1) is 0 Å². The summed E-state index contributed by atoms with van der Waals surface area (Å²) in [5.41, 5.74) is 0.116. The predicted octanol–water partition coefficient (Wildman–Crippen LogP) is 1.25. The highest BCUT2D eigenvalue weighted by molar-refractivity contribution is 4.82. The Balaban J connectivity index is 2.81. The molecule has 4 heteroatoms. The van der Waals surface area contributed by atoms with Gasteiger partial charge in [-0.15, -0.1) is 10.2 Å². The van der Waals surface area contributed by atoms with Gasteiger partial charge < -0.3 is 9.67 Å². The zero-order valence-corrected chi connectivity index (χ0v) is 8.44. The lowest BCUT2D eigenvalue weighted by molar-refractivity contribution is 0.177. The number of aliphatic hydroxyl groups excluding tert-OH is 1. The molecule has 1 unspecified atom stereocenters. The summed E-state index contributed by atoms with van der Waals surface area (Å²) in [6, 6.07) is 0.257. The van der Waals surface area contributed by atoms with Crippen molar-refractivity contribution in [1.82, 2.24) is 14.8 Å². The minimum atomic E-state index is 0.116. The summed E-state index contributed by atoms with van der Waals surface area (Å²) in [6.07, 6.45) is 4.14. The molecule has 0 saturated heterocycles. The minimum absolute atomic E-state index is 0.116. The van der Waals surface area contributed by atoms with Gasteiger partial charge in [-0.25, -0.2) is 0 Å². The Hall–Kier alpha value is -0.900. The summed E-state index contributed by atoms with van der Waals surface area (Å²) in [7, 11) is 0. The molecule has 4 nitrogen and oxygen atoms in total. The highest BCUT2D eigenvalue weighted by Gasteiger charge is 2.25. The standard InChI is InChI=1S/C9H17N3O/c1-9(2,3)8(4-5-13)12-6-10-11-7-12/h6-8,13H,4-5H2,1-3H3. The second-order valence-electron chi connectivity index (χ2n) is 4.30. The van der Waals surface area contributed by atoms with Crippen molar-refractivity contribution in [2.24, 2.45) is 5.41 Å². The van der Waals surface area contributed by atoms with E-state index < -0.39 is 0 Å². The van der Waals surface area contributed by atoms with Gasteiger partial charge in [-0.1, -0.05) is 20.8 Å². The number of hydrogen-bond acceptors (Lipinski definition) is 3. The maximum Gasteiger partial charge on any atom is 0.119 e. The molecule has 0 bridgehead atoms. The molecular weight excluding hydrogens is 166 g/mol. The fourth-order valence-electron chi connectivity index (χ4n) is 1.52. The van der Waals surface area contributed by atoms with Crippen LogP contribution in [0.15, 0.2) is 12.7 Å². The highest BCUT2D eigenvalue weighted by Crippen LogP contribution is 2.32. The third kappa shape index (κ3) is 2.52. The first-order chi connectivity index (χ1) is 6.05. The number of hydrogen-bond donors (Lipinski definition) is 1. The molecule has 0 spiro atoms. The number of aromatic nitrogens is 3. The summed E-state index contributed by atoms with van der Waals surface area (Å²) in [5, 5.41) is 16.5. The zero-order valence-electron chi connectivity index (χ0n) is 8.44. The van der Waals surface area contributed by atoms with Crippen LogP contribution in [0, 0.1) is 5.41 Å². The van der Waals surface area contributed by atoms with Gasteiger partial charge in [0.1, 0.15) is 12.7 Å². The summed E-state index contributed by atoms with van der Waals surface area (Å²) in [4.78, 5) is 0. The van der Waals surface area contributed by atoms with Crippen LogP contribution in [0.2, 0.25) is 0 Å². The van der Waals surface area contributed by atoms with E-state index in [-0.39, 0.29) is 18.1 Å². The number of aliphatic hydroxyl groups is 1. The molecule has 0 aliphatic rings. The first-order valence-corrected chi connectivity index (χ1v) is 4.50. The van der Waals surface area contributed by atoms with E-state index in [0.29, 0.717) is 0 Å². The molecule has 13 heavy (non-hydrogen) atoms. The normalized spacial score (nSPS) is 14.5. The van der Waals surface area contributed by atoms with E-state index in [0.717, 1.165) is 6.42 Å². The van der Waals surface area contributed by atoms with Crippen molar-refractivity contribution in [1.29, 1.82) is 0 Å². The first-order valence-electron chi connectivity index (χ1n) is 4.50. The Labute approximate surface area is 78.6 Å².